The number of rotatable bonds is 2. The molecule has 18 heavy (non-hydrogen) atoms. The quantitative estimate of drug-likeness (QED) is 0.842. The Morgan fingerprint density at radius 3 is 3.00 bits per heavy atom. The molecule has 2 aromatic rings. The van der Waals surface area contributed by atoms with Crippen LogP contribution in [0.1, 0.15) is 25.7 Å². The summed E-state index contributed by atoms with van der Waals surface area (Å²) >= 11 is 1.57. The second kappa shape index (κ2) is 4.86. The molecule has 5 heteroatoms. The van der Waals surface area contributed by atoms with E-state index in [2.05, 4.69) is 15.5 Å². The first kappa shape index (κ1) is 11.3. The number of carbonyl (C=O) groups excluding carboxylic acids is 1. The van der Waals surface area contributed by atoms with Crippen LogP contribution in [0.3, 0.4) is 0 Å². The predicted molar refractivity (Wildman–Crippen MR) is 74.2 cm³/mol. The average molecular weight is 259 g/mol. The molecule has 3 rings (SSSR count). The summed E-state index contributed by atoms with van der Waals surface area (Å²) in [7, 11) is 0. The number of hydrogen-bond acceptors (Lipinski definition) is 5. The summed E-state index contributed by atoms with van der Waals surface area (Å²) < 4.78 is 1.14. The van der Waals surface area contributed by atoms with Crippen LogP contribution < -0.4 is 5.43 Å². The molecule has 0 radical (unpaired) electrons. The molecule has 0 saturated heterocycles. The van der Waals surface area contributed by atoms with Crippen molar-refractivity contribution in [3.05, 3.63) is 24.3 Å². The van der Waals surface area contributed by atoms with Crippen molar-refractivity contribution in [2.24, 2.45) is 5.10 Å². The SMILES string of the molecule is O=C1CCCC(=NNc2nc3ccccc3s2)C1. The Kier molecular flexibility index (Phi) is 3.06. The molecule has 0 amide bonds. The van der Waals surface area contributed by atoms with Crippen LogP contribution >= 0.6 is 11.3 Å². The number of nitrogens with one attached hydrogen (secondary N) is 1. The first-order valence-corrected chi connectivity index (χ1v) is 6.81. The zero-order valence-corrected chi connectivity index (χ0v) is 10.7. The minimum atomic E-state index is 0.283. The smallest absolute Gasteiger partial charge is 0.204 e. The Labute approximate surface area is 109 Å². The number of benzene rings is 1. The van der Waals surface area contributed by atoms with Crippen LogP contribution in [-0.4, -0.2) is 16.5 Å². The van der Waals surface area contributed by atoms with Crippen LogP contribution in [0.2, 0.25) is 0 Å². The van der Waals surface area contributed by atoms with Gasteiger partial charge in [0.1, 0.15) is 5.78 Å². The monoisotopic (exact) mass is 259 g/mol. The third-order valence-electron chi connectivity index (χ3n) is 2.93. The Morgan fingerprint density at radius 1 is 1.28 bits per heavy atom. The second-order valence-electron chi connectivity index (χ2n) is 4.35. The molecule has 0 aliphatic heterocycles. The van der Waals surface area contributed by atoms with Crippen molar-refractivity contribution in [1.29, 1.82) is 0 Å². The number of aromatic nitrogens is 1. The lowest BCUT2D eigenvalue weighted by Gasteiger charge is -2.10. The molecule has 1 N–H and O–H groups in total. The second-order valence-corrected chi connectivity index (χ2v) is 5.38. The maximum Gasteiger partial charge on any atom is 0.204 e. The number of thiazole rings is 1. The van der Waals surface area contributed by atoms with E-state index in [0.717, 1.165) is 33.9 Å². The van der Waals surface area contributed by atoms with Crippen molar-refractivity contribution in [3.63, 3.8) is 0 Å². The van der Waals surface area contributed by atoms with Crippen LogP contribution in [0, 0.1) is 0 Å². The van der Waals surface area contributed by atoms with Gasteiger partial charge >= 0.3 is 0 Å². The molecule has 1 aromatic heterocycles. The summed E-state index contributed by atoms with van der Waals surface area (Å²) in [6.07, 6.45) is 3.00. The highest BCUT2D eigenvalue weighted by molar-refractivity contribution is 7.22. The number of anilines is 1. The van der Waals surface area contributed by atoms with Crippen LogP contribution in [0.15, 0.2) is 29.4 Å². The molecule has 1 heterocycles. The van der Waals surface area contributed by atoms with Gasteiger partial charge in [-0.2, -0.15) is 5.10 Å². The third-order valence-corrected chi connectivity index (χ3v) is 3.87. The Bertz CT molecular complexity index is 584. The van der Waals surface area contributed by atoms with Crippen molar-refractivity contribution in [3.8, 4) is 0 Å². The normalized spacial score (nSPS) is 18.4. The molecule has 0 atom stereocenters. The number of Topliss-reactive ketones (excluding diaryl/α,β-unsaturated/α-hetero) is 1. The molecule has 1 aliphatic rings. The molecule has 0 spiro atoms. The van der Waals surface area contributed by atoms with E-state index in [-0.39, 0.29) is 5.78 Å². The fraction of sp³-hybridized carbons (Fsp3) is 0.308. The standard InChI is InChI=1S/C13H13N3OS/c17-10-5-3-4-9(8-10)15-16-13-14-11-6-1-2-7-12(11)18-13/h1-2,6-7H,3-5,8H2,(H,14,16). The van der Waals surface area contributed by atoms with Gasteiger partial charge < -0.3 is 0 Å². The zero-order chi connectivity index (χ0) is 12.4. The summed E-state index contributed by atoms with van der Waals surface area (Å²) in [6, 6.07) is 7.98. The van der Waals surface area contributed by atoms with Crippen molar-refractivity contribution in [2.45, 2.75) is 25.7 Å². The van der Waals surface area contributed by atoms with Crippen LogP contribution in [0.25, 0.3) is 10.2 Å². The van der Waals surface area contributed by atoms with E-state index in [0.29, 0.717) is 12.8 Å². The Morgan fingerprint density at radius 2 is 2.17 bits per heavy atom. The highest BCUT2D eigenvalue weighted by Crippen LogP contribution is 2.25. The van der Waals surface area contributed by atoms with Gasteiger partial charge in [-0.1, -0.05) is 23.5 Å². The maximum absolute atomic E-state index is 11.3. The fourth-order valence-electron chi connectivity index (χ4n) is 2.04. The minimum Gasteiger partial charge on any atom is -0.299 e. The van der Waals surface area contributed by atoms with Crippen molar-refractivity contribution in [2.75, 3.05) is 5.43 Å². The Balaban J connectivity index is 1.76. The summed E-state index contributed by atoms with van der Waals surface area (Å²) in [5.74, 6) is 0.283. The van der Waals surface area contributed by atoms with E-state index >= 15 is 0 Å². The van der Waals surface area contributed by atoms with Gasteiger partial charge in [-0.3, -0.25) is 10.2 Å². The molecule has 1 aromatic carbocycles. The van der Waals surface area contributed by atoms with Crippen molar-refractivity contribution < 1.29 is 4.79 Å². The van der Waals surface area contributed by atoms with E-state index in [4.69, 9.17) is 0 Å². The van der Waals surface area contributed by atoms with Crippen LogP contribution in [0.5, 0.6) is 0 Å². The lowest BCUT2D eigenvalue weighted by molar-refractivity contribution is -0.118. The molecule has 0 bridgehead atoms. The molecule has 1 aliphatic carbocycles. The minimum absolute atomic E-state index is 0.283. The van der Waals surface area contributed by atoms with Crippen molar-refractivity contribution in [1.82, 2.24) is 4.98 Å². The van der Waals surface area contributed by atoms with E-state index in [1.807, 2.05) is 24.3 Å². The van der Waals surface area contributed by atoms with Gasteiger partial charge in [0.05, 0.1) is 10.2 Å². The van der Waals surface area contributed by atoms with Gasteiger partial charge in [0.2, 0.25) is 5.13 Å². The lowest BCUT2D eigenvalue weighted by Crippen LogP contribution is -2.15. The summed E-state index contributed by atoms with van der Waals surface area (Å²) in [5.41, 5.74) is 4.88. The number of ketones is 1. The molecule has 1 saturated carbocycles. The van der Waals surface area contributed by atoms with Gasteiger partial charge in [0.15, 0.2) is 0 Å². The molecule has 4 nitrogen and oxygen atoms in total. The highest BCUT2D eigenvalue weighted by atomic mass is 32.1. The zero-order valence-electron chi connectivity index (χ0n) is 9.85. The predicted octanol–water partition coefficient (Wildman–Crippen LogP) is 3.21. The first-order valence-electron chi connectivity index (χ1n) is 6.00. The Hall–Kier alpha value is -1.75. The summed E-state index contributed by atoms with van der Waals surface area (Å²) in [6.45, 7) is 0. The lowest BCUT2D eigenvalue weighted by atomic mass is 9.97. The molecule has 0 unspecified atom stereocenters. The topological polar surface area (TPSA) is 54.4 Å². The van der Waals surface area contributed by atoms with Gasteiger partial charge in [-0.25, -0.2) is 4.98 Å². The average Bonchev–Trinajstić information content (AvgIpc) is 2.79. The van der Waals surface area contributed by atoms with Gasteiger partial charge in [-0.05, 0) is 25.0 Å². The fourth-order valence-corrected chi connectivity index (χ4v) is 2.84. The number of carbonyl (C=O) groups is 1. The van der Waals surface area contributed by atoms with Gasteiger partial charge in [0.25, 0.3) is 0 Å². The third kappa shape index (κ3) is 2.41. The molecule has 1 fully saturated rings. The van der Waals surface area contributed by atoms with Crippen LogP contribution in [-0.2, 0) is 4.79 Å². The van der Waals surface area contributed by atoms with Gasteiger partial charge in [-0.15, -0.1) is 0 Å². The summed E-state index contributed by atoms with van der Waals surface area (Å²) in [5, 5.41) is 5.07. The largest absolute Gasteiger partial charge is 0.299 e. The van der Waals surface area contributed by atoms with Crippen molar-refractivity contribution >= 4 is 38.2 Å². The first-order chi connectivity index (χ1) is 8.81. The number of hydrogen-bond donors (Lipinski definition) is 1. The number of hydrazone groups is 1. The molecule has 92 valence electrons. The molecular formula is C13H13N3OS. The molecular weight excluding hydrogens is 246 g/mol. The van der Waals surface area contributed by atoms with E-state index < -0.39 is 0 Å². The van der Waals surface area contributed by atoms with E-state index in [1.165, 1.54) is 0 Å². The van der Waals surface area contributed by atoms with Gasteiger partial charge in [0, 0.05) is 18.6 Å². The van der Waals surface area contributed by atoms with E-state index in [1.54, 1.807) is 11.3 Å². The number of para-hydroxylation sites is 1. The highest BCUT2D eigenvalue weighted by Gasteiger charge is 2.14. The van der Waals surface area contributed by atoms with E-state index in [9.17, 15) is 4.79 Å². The van der Waals surface area contributed by atoms with Crippen LogP contribution in [0.4, 0.5) is 5.13 Å². The number of fused-ring (bicyclic) bond motifs is 1. The summed E-state index contributed by atoms with van der Waals surface area (Å²) in [4.78, 5) is 15.7. The number of nitrogens with zero attached hydrogens (tertiary/aromatic N) is 2. The maximum atomic E-state index is 11.3.